The van der Waals surface area contributed by atoms with Crippen molar-refractivity contribution in [1.29, 1.82) is 0 Å². The number of nitrogens with zero attached hydrogens (tertiary/aromatic N) is 1. The van der Waals surface area contributed by atoms with E-state index >= 15 is 0 Å². The van der Waals surface area contributed by atoms with Crippen molar-refractivity contribution >= 4 is 16.1 Å². The zero-order valence-electron chi connectivity index (χ0n) is 13.9. The van der Waals surface area contributed by atoms with Gasteiger partial charge in [0.25, 0.3) is 0 Å². The van der Waals surface area contributed by atoms with Gasteiger partial charge < -0.3 is 4.52 Å². The van der Waals surface area contributed by atoms with Gasteiger partial charge in [-0.3, -0.25) is 0 Å². The van der Waals surface area contributed by atoms with Crippen molar-refractivity contribution in [3.8, 4) is 0 Å². The molecule has 0 fully saturated rings. The molecule has 0 amide bonds. The molecule has 0 aliphatic carbocycles. The lowest BCUT2D eigenvalue weighted by Gasteiger charge is -2.04. The summed E-state index contributed by atoms with van der Waals surface area (Å²) >= 11 is 0. The summed E-state index contributed by atoms with van der Waals surface area (Å²) in [7, 11) is -3.58. The highest BCUT2D eigenvalue weighted by Crippen LogP contribution is 2.18. The monoisotopic (exact) mass is 334 g/mol. The number of hydrogen-bond acceptors (Lipinski definition) is 4. The highest BCUT2D eigenvalue weighted by Gasteiger charge is 2.23. The first kappa shape index (κ1) is 17.4. The molecule has 1 N–H and O–H groups in total. The predicted molar refractivity (Wildman–Crippen MR) is 90.7 cm³/mol. The van der Waals surface area contributed by atoms with Crippen LogP contribution in [0.25, 0.3) is 6.08 Å². The molecule has 0 spiro atoms. The molecule has 1 aromatic heterocycles. The lowest BCUT2D eigenvalue weighted by molar-refractivity contribution is 0.390. The fraction of sp³-hybridized carbons (Fsp3) is 0.353. The SMILES string of the molecule is Cc1ccc(/C=C/CCNS(=O)(=O)c2c(C)noc2C)cc1C. The molecule has 23 heavy (non-hydrogen) atoms. The van der Waals surface area contributed by atoms with Gasteiger partial charge in [0.05, 0.1) is 0 Å². The first-order valence-electron chi connectivity index (χ1n) is 7.47. The maximum atomic E-state index is 12.2. The summed E-state index contributed by atoms with van der Waals surface area (Å²) in [6, 6.07) is 6.24. The molecule has 0 unspecified atom stereocenters. The minimum Gasteiger partial charge on any atom is -0.360 e. The van der Waals surface area contributed by atoms with Crippen LogP contribution in [0.2, 0.25) is 0 Å². The van der Waals surface area contributed by atoms with Crippen LogP contribution in [-0.4, -0.2) is 20.1 Å². The number of aromatic nitrogens is 1. The molecule has 1 aromatic carbocycles. The molecule has 2 aromatic rings. The first-order valence-corrected chi connectivity index (χ1v) is 8.96. The molecule has 0 saturated carbocycles. The number of aryl methyl sites for hydroxylation is 4. The van der Waals surface area contributed by atoms with Crippen LogP contribution in [0, 0.1) is 27.7 Å². The molecule has 2 rings (SSSR count). The lowest BCUT2D eigenvalue weighted by atomic mass is 10.1. The third-order valence-electron chi connectivity index (χ3n) is 3.68. The molecular formula is C17H22N2O3S. The summed E-state index contributed by atoms with van der Waals surface area (Å²) in [6.07, 6.45) is 4.56. The Kier molecular flexibility index (Phi) is 5.38. The van der Waals surface area contributed by atoms with Crippen LogP contribution in [0.3, 0.4) is 0 Å². The van der Waals surface area contributed by atoms with E-state index in [4.69, 9.17) is 4.52 Å². The van der Waals surface area contributed by atoms with E-state index in [0.29, 0.717) is 24.4 Å². The van der Waals surface area contributed by atoms with Crippen molar-refractivity contribution in [1.82, 2.24) is 9.88 Å². The Balaban J connectivity index is 1.92. The number of hydrogen-bond donors (Lipinski definition) is 1. The lowest BCUT2D eigenvalue weighted by Crippen LogP contribution is -2.25. The van der Waals surface area contributed by atoms with Crippen LogP contribution in [-0.2, 0) is 10.0 Å². The van der Waals surface area contributed by atoms with Gasteiger partial charge in [0.15, 0.2) is 5.76 Å². The molecule has 6 heteroatoms. The topological polar surface area (TPSA) is 72.2 Å². The average molecular weight is 334 g/mol. The van der Waals surface area contributed by atoms with E-state index in [1.54, 1.807) is 13.8 Å². The van der Waals surface area contributed by atoms with Gasteiger partial charge in [0, 0.05) is 6.54 Å². The summed E-state index contributed by atoms with van der Waals surface area (Å²) < 4.78 is 31.9. The second kappa shape index (κ2) is 7.10. The van der Waals surface area contributed by atoms with Crippen molar-refractivity contribution in [2.45, 2.75) is 39.0 Å². The fourth-order valence-electron chi connectivity index (χ4n) is 2.29. The van der Waals surface area contributed by atoms with Crippen molar-refractivity contribution in [3.63, 3.8) is 0 Å². The molecule has 0 radical (unpaired) electrons. The Bertz CT molecular complexity index is 801. The van der Waals surface area contributed by atoms with Crippen molar-refractivity contribution in [3.05, 3.63) is 52.4 Å². The zero-order valence-corrected chi connectivity index (χ0v) is 14.7. The summed E-state index contributed by atoms with van der Waals surface area (Å²) in [4.78, 5) is 0.135. The van der Waals surface area contributed by atoms with Gasteiger partial charge in [-0.05, 0) is 50.8 Å². The normalized spacial score (nSPS) is 12.2. The number of nitrogens with one attached hydrogen (secondary N) is 1. The van der Waals surface area contributed by atoms with Gasteiger partial charge >= 0.3 is 0 Å². The maximum absolute atomic E-state index is 12.2. The predicted octanol–water partition coefficient (Wildman–Crippen LogP) is 3.29. The Hall–Kier alpha value is -1.92. The Morgan fingerprint density at radius 2 is 1.91 bits per heavy atom. The molecule has 0 aliphatic rings. The van der Waals surface area contributed by atoms with E-state index in [1.807, 2.05) is 18.2 Å². The van der Waals surface area contributed by atoms with Crippen LogP contribution in [0.1, 0.15) is 34.6 Å². The van der Waals surface area contributed by atoms with Crippen molar-refractivity contribution < 1.29 is 12.9 Å². The standard InChI is InChI=1S/C17H22N2O3S/c1-12-8-9-16(11-13(12)2)7-5-6-10-18-23(20,21)17-14(3)19-22-15(17)4/h5,7-9,11,18H,6,10H2,1-4H3/b7-5+. The van der Waals surface area contributed by atoms with Crippen LogP contribution in [0.15, 0.2) is 33.7 Å². The average Bonchev–Trinajstić information content (AvgIpc) is 2.82. The van der Waals surface area contributed by atoms with E-state index in [2.05, 4.69) is 35.9 Å². The van der Waals surface area contributed by atoms with Crippen LogP contribution < -0.4 is 4.72 Å². The second-order valence-electron chi connectivity index (χ2n) is 5.59. The molecule has 0 atom stereocenters. The minimum absolute atomic E-state index is 0.135. The molecule has 5 nitrogen and oxygen atoms in total. The van der Waals surface area contributed by atoms with Gasteiger partial charge in [-0.1, -0.05) is 35.5 Å². The smallest absolute Gasteiger partial charge is 0.245 e. The summed E-state index contributed by atoms with van der Waals surface area (Å²) in [5.41, 5.74) is 3.99. The largest absolute Gasteiger partial charge is 0.360 e. The van der Waals surface area contributed by atoms with Gasteiger partial charge in [-0.15, -0.1) is 0 Å². The molecule has 1 heterocycles. The third kappa shape index (κ3) is 4.30. The van der Waals surface area contributed by atoms with E-state index < -0.39 is 10.0 Å². The number of benzene rings is 1. The quantitative estimate of drug-likeness (QED) is 0.823. The van der Waals surface area contributed by atoms with Crippen LogP contribution in [0.5, 0.6) is 0 Å². The Labute approximate surface area is 137 Å². The van der Waals surface area contributed by atoms with E-state index in [1.165, 1.54) is 11.1 Å². The Morgan fingerprint density at radius 3 is 2.52 bits per heavy atom. The Morgan fingerprint density at radius 1 is 1.17 bits per heavy atom. The minimum atomic E-state index is -3.58. The van der Waals surface area contributed by atoms with Gasteiger partial charge in [-0.2, -0.15) is 0 Å². The summed E-state index contributed by atoms with van der Waals surface area (Å²) in [6.45, 7) is 7.68. The second-order valence-corrected chi connectivity index (χ2v) is 7.29. The molecule has 0 bridgehead atoms. The van der Waals surface area contributed by atoms with E-state index in [-0.39, 0.29) is 4.90 Å². The van der Waals surface area contributed by atoms with Crippen LogP contribution in [0.4, 0.5) is 0 Å². The van der Waals surface area contributed by atoms with Gasteiger partial charge in [0.1, 0.15) is 10.6 Å². The van der Waals surface area contributed by atoms with Gasteiger partial charge in [0.2, 0.25) is 10.0 Å². The van der Waals surface area contributed by atoms with E-state index in [0.717, 1.165) is 5.56 Å². The maximum Gasteiger partial charge on any atom is 0.245 e. The molecule has 0 saturated heterocycles. The van der Waals surface area contributed by atoms with Crippen molar-refractivity contribution in [2.75, 3.05) is 6.54 Å². The highest BCUT2D eigenvalue weighted by atomic mass is 32.2. The van der Waals surface area contributed by atoms with Crippen LogP contribution >= 0.6 is 0 Å². The first-order chi connectivity index (χ1) is 10.8. The van der Waals surface area contributed by atoms with Gasteiger partial charge in [-0.25, -0.2) is 13.1 Å². The highest BCUT2D eigenvalue weighted by molar-refractivity contribution is 7.89. The summed E-state index contributed by atoms with van der Waals surface area (Å²) in [5.74, 6) is 0.306. The molecule has 124 valence electrons. The zero-order chi connectivity index (χ0) is 17.0. The molecular weight excluding hydrogens is 312 g/mol. The fourth-order valence-corrected chi connectivity index (χ4v) is 3.67. The van der Waals surface area contributed by atoms with Crippen molar-refractivity contribution in [2.24, 2.45) is 0 Å². The molecule has 0 aliphatic heterocycles. The number of sulfonamides is 1. The third-order valence-corrected chi connectivity index (χ3v) is 5.39. The van der Waals surface area contributed by atoms with E-state index in [9.17, 15) is 8.42 Å². The summed E-state index contributed by atoms with van der Waals surface area (Å²) in [5, 5.41) is 3.67. The number of rotatable bonds is 6.